The normalized spacial score (nSPS) is 17.2. The van der Waals surface area contributed by atoms with E-state index < -0.39 is 0 Å². The van der Waals surface area contributed by atoms with Crippen LogP contribution in [0.3, 0.4) is 0 Å². The fourth-order valence-corrected chi connectivity index (χ4v) is 5.60. The molecule has 2 heterocycles. The largest absolute Gasteiger partial charge is 0.301 e. The summed E-state index contributed by atoms with van der Waals surface area (Å²) in [5.41, 5.74) is 3.78. The van der Waals surface area contributed by atoms with Crippen LogP contribution in [0.15, 0.2) is 34.2 Å². The molecule has 0 unspecified atom stereocenters. The zero-order chi connectivity index (χ0) is 16.7. The summed E-state index contributed by atoms with van der Waals surface area (Å²) >= 11 is 3.31. The van der Waals surface area contributed by atoms with Gasteiger partial charge in [-0.05, 0) is 43.2 Å². The molecule has 1 aliphatic rings. The number of aromatic amines is 1. The van der Waals surface area contributed by atoms with Gasteiger partial charge in [-0.3, -0.25) is 4.79 Å². The Hall–Kier alpha value is -1.59. The van der Waals surface area contributed by atoms with Crippen LogP contribution >= 0.6 is 23.1 Å². The van der Waals surface area contributed by atoms with Crippen molar-refractivity contribution in [1.29, 1.82) is 0 Å². The van der Waals surface area contributed by atoms with Crippen LogP contribution in [0, 0.1) is 12.8 Å². The van der Waals surface area contributed by atoms with E-state index in [0.29, 0.717) is 5.92 Å². The van der Waals surface area contributed by atoms with Gasteiger partial charge in [-0.25, -0.2) is 4.98 Å². The molecule has 0 spiro atoms. The van der Waals surface area contributed by atoms with Crippen LogP contribution in [-0.2, 0) is 18.6 Å². The zero-order valence-electron chi connectivity index (χ0n) is 13.9. The minimum atomic E-state index is 0.0267. The lowest BCUT2D eigenvalue weighted by Crippen LogP contribution is -2.13. The topological polar surface area (TPSA) is 45.8 Å². The van der Waals surface area contributed by atoms with Gasteiger partial charge in [0.15, 0.2) is 5.16 Å². The fourth-order valence-electron chi connectivity index (χ4n) is 3.35. The van der Waals surface area contributed by atoms with Crippen LogP contribution in [0.4, 0.5) is 0 Å². The molecule has 3 aromatic rings. The van der Waals surface area contributed by atoms with Crippen molar-refractivity contribution < 1.29 is 0 Å². The van der Waals surface area contributed by atoms with Gasteiger partial charge in [0.05, 0.1) is 5.39 Å². The number of thiophene rings is 1. The number of nitrogens with one attached hydrogen (secondary N) is 1. The number of hydrogen-bond acceptors (Lipinski definition) is 4. The Bertz CT molecular complexity index is 958. The number of nitrogens with zero attached hydrogens (tertiary/aromatic N) is 1. The van der Waals surface area contributed by atoms with Gasteiger partial charge < -0.3 is 4.98 Å². The molecule has 0 amide bonds. The second-order valence-corrected chi connectivity index (χ2v) is 8.73. The predicted molar refractivity (Wildman–Crippen MR) is 102 cm³/mol. The molecule has 0 radical (unpaired) electrons. The Morgan fingerprint density at radius 3 is 3.12 bits per heavy atom. The molecule has 124 valence electrons. The number of thioether (sulfide) groups is 1. The van der Waals surface area contributed by atoms with Crippen LogP contribution in [0.2, 0.25) is 0 Å². The number of H-pyrrole nitrogens is 1. The lowest BCUT2D eigenvalue weighted by molar-refractivity contribution is 0.509. The third-order valence-corrected chi connectivity index (χ3v) is 6.69. The van der Waals surface area contributed by atoms with E-state index in [2.05, 4.69) is 43.1 Å². The Kier molecular flexibility index (Phi) is 4.22. The first kappa shape index (κ1) is 15.9. The first-order valence-electron chi connectivity index (χ1n) is 8.33. The van der Waals surface area contributed by atoms with Crippen molar-refractivity contribution in [3.63, 3.8) is 0 Å². The van der Waals surface area contributed by atoms with E-state index in [9.17, 15) is 4.79 Å². The van der Waals surface area contributed by atoms with E-state index in [0.717, 1.165) is 34.0 Å². The Balaban J connectivity index is 1.64. The van der Waals surface area contributed by atoms with Crippen LogP contribution < -0.4 is 5.56 Å². The molecule has 0 saturated heterocycles. The first-order valence-corrected chi connectivity index (χ1v) is 10.1. The highest BCUT2D eigenvalue weighted by Gasteiger charge is 2.23. The Labute approximate surface area is 149 Å². The summed E-state index contributed by atoms with van der Waals surface area (Å²) in [7, 11) is 0. The summed E-state index contributed by atoms with van der Waals surface area (Å²) < 4.78 is 0. The number of aromatic nitrogens is 2. The highest BCUT2D eigenvalue weighted by Crippen LogP contribution is 2.36. The molecule has 0 fully saturated rings. The van der Waals surface area contributed by atoms with Gasteiger partial charge in [0.2, 0.25) is 0 Å². The SMILES string of the molecule is Cc1cccc(CSc2nc3sc4c(c3c(=O)[nH]2)CC[C@@H](C)C4)c1. The maximum Gasteiger partial charge on any atom is 0.260 e. The van der Waals surface area contributed by atoms with E-state index in [1.807, 2.05) is 0 Å². The molecule has 0 aliphatic heterocycles. The van der Waals surface area contributed by atoms with Gasteiger partial charge in [0, 0.05) is 10.6 Å². The lowest BCUT2D eigenvalue weighted by Gasteiger charge is -2.17. The van der Waals surface area contributed by atoms with Gasteiger partial charge in [-0.1, -0.05) is 48.5 Å². The third kappa shape index (κ3) is 3.03. The average Bonchev–Trinajstić information content (AvgIpc) is 2.90. The lowest BCUT2D eigenvalue weighted by atomic mass is 9.89. The molecule has 2 aromatic heterocycles. The number of fused-ring (bicyclic) bond motifs is 3. The number of rotatable bonds is 3. The molecular formula is C19H20N2OS2. The van der Waals surface area contributed by atoms with Crippen molar-refractivity contribution >= 4 is 33.3 Å². The summed E-state index contributed by atoms with van der Waals surface area (Å²) in [5, 5.41) is 1.56. The van der Waals surface area contributed by atoms with Crippen LogP contribution in [0.25, 0.3) is 10.2 Å². The maximum atomic E-state index is 12.6. The predicted octanol–water partition coefficient (Wildman–Crippen LogP) is 4.71. The molecular weight excluding hydrogens is 336 g/mol. The van der Waals surface area contributed by atoms with Crippen LogP contribution in [-0.4, -0.2) is 9.97 Å². The Morgan fingerprint density at radius 2 is 2.29 bits per heavy atom. The quantitative estimate of drug-likeness (QED) is 0.546. The summed E-state index contributed by atoms with van der Waals surface area (Å²) in [4.78, 5) is 22.6. The van der Waals surface area contributed by atoms with Gasteiger partial charge in [0.25, 0.3) is 5.56 Å². The van der Waals surface area contributed by atoms with Gasteiger partial charge >= 0.3 is 0 Å². The van der Waals surface area contributed by atoms with Crippen LogP contribution in [0.1, 0.15) is 34.9 Å². The molecule has 0 bridgehead atoms. The molecule has 1 aliphatic carbocycles. The minimum Gasteiger partial charge on any atom is -0.301 e. The average molecular weight is 357 g/mol. The van der Waals surface area contributed by atoms with Crippen molar-refractivity contribution in [1.82, 2.24) is 9.97 Å². The molecule has 1 atom stereocenters. The first-order chi connectivity index (χ1) is 11.6. The summed E-state index contributed by atoms with van der Waals surface area (Å²) in [6.45, 7) is 4.38. The molecule has 0 saturated carbocycles. The van der Waals surface area contributed by atoms with Gasteiger partial charge in [-0.2, -0.15) is 0 Å². The number of hydrogen-bond donors (Lipinski definition) is 1. The second-order valence-electron chi connectivity index (χ2n) is 6.68. The summed E-state index contributed by atoms with van der Waals surface area (Å²) in [5.74, 6) is 1.53. The second kappa shape index (κ2) is 6.37. The fraction of sp³-hybridized carbons (Fsp3) is 0.368. The van der Waals surface area contributed by atoms with Gasteiger partial charge in [0.1, 0.15) is 4.83 Å². The molecule has 1 N–H and O–H groups in total. The van der Waals surface area contributed by atoms with Crippen LogP contribution in [0.5, 0.6) is 0 Å². The molecule has 4 rings (SSSR count). The highest BCUT2D eigenvalue weighted by molar-refractivity contribution is 7.98. The zero-order valence-corrected chi connectivity index (χ0v) is 15.5. The standard InChI is InChI=1S/C19H20N2OS2/c1-11-4-3-5-13(8-11)10-23-19-20-17(22)16-14-7-6-12(2)9-15(14)24-18(16)21-19/h3-5,8,12H,6-7,9-10H2,1-2H3,(H,20,21,22)/t12-/m1/s1. The summed E-state index contributed by atoms with van der Waals surface area (Å²) in [6, 6.07) is 8.45. The number of benzene rings is 1. The Morgan fingerprint density at radius 1 is 1.42 bits per heavy atom. The molecule has 1 aromatic carbocycles. The van der Waals surface area contributed by atoms with Gasteiger partial charge in [-0.15, -0.1) is 11.3 Å². The monoisotopic (exact) mass is 356 g/mol. The van der Waals surface area contributed by atoms with Crippen molar-refractivity contribution in [2.24, 2.45) is 5.92 Å². The third-order valence-electron chi connectivity index (χ3n) is 4.60. The van der Waals surface area contributed by atoms with E-state index in [1.165, 1.54) is 28.0 Å². The van der Waals surface area contributed by atoms with Crippen molar-refractivity contribution in [3.05, 3.63) is 56.2 Å². The van der Waals surface area contributed by atoms with Crippen molar-refractivity contribution in [3.8, 4) is 0 Å². The molecule has 24 heavy (non-hydrogen) atoms. The highest BCUT2D eigenvalue weighted by atomic mass is 32.2. The maximum absolute atomic E-state index is 12.6. The van der Waals surface area contributed by atoms with E-state index in [4.69, 9.17) is 4.98 Å². The van der Waals surface area contributed by atoms with Crippen molar-refractivity contribution in [2.75, 3.05) is 0 Å². The van der Waals surface area contributed by atoms with E-state index >= 15 is 0 Å². The van der Waals surface area contributed by atoms with E-state index in [1.54, 1.807) is 23.1 Å². The van der Waals surface area contributed by atoms with E-state index in [-0.39, 0.29) is 5.56 Å². The summed E-state index contributed by atoms with van der Waals surface area (Å²) in [6.07, 6.45) is 3.26. The van der Waals surface area contributed by atoms with Crippen molar-refractivity contribution in [2.45, 2.75) is 44.0 Å². The minimum absolute atomic E-state index is 0.0267. The molecule has 5 heteroatoms. The molecule has 3 nitrogen and oxygen atoms in total. The number of aryl methyl sites for hydroxylation is 2. The smallest absolute Gasteiger partial charge is 0.260 e.